The van der Waals surface area contributed by atoms with Crippen LogP contribution >= 0.6 is 11.3 Å². The van der Waals surface area contributed by atoms with Gasteiger partial charge in [-0.05, 0) is 24.6 Å². The highest BCUT2D eigenvalue weighted by molar-refractivity contribution is 7.93. The van der Waals surface area contributed by atoms with Gasteiger partial charge in [0.1, 0.15) is 0 Å². The zero-order valence-electron chi connectivity index (χ0n) is 8.52. The lowest BCUT2D eigenvalue weighted by atomic mass is 10.2. The molecule has 2 rings (SSSR count). The molecule has 0 saturated carbocycles. The summed E-state index contributed by atoms with van der Waals surface area (Å²) in [4.78, 5) is 4.13. The van der Waals surface area contributed by atoms with Crippen LogP contribution in [-0.2, 0) is 9.84 Å². The van der Waals surface area contributed by atoms with Crippen LogP contribution in [0.1, 0.15) is 12.5 Å². The summed E-state index contributed by atoms with van der Waals surface area (Å²) in [5, 5.41) is 0. The molecular weight excluding hydrogens is 230 g/mol. The minimum atomic E-state index is -3.17. The molecule has 80 valence electrons. The molecule has 0 saturated heterocycles. The van der Waals surface area contributed by atoms with Crippen LogP contribution in [0.15, 0.2) is 22.5 Å². The number of sulfone groups is 1. The molecule has 0 amide bonds. The number of hydrogen-bond acceptors (Lipinski definition) is 4. The van der Waals surface area contributed by atoms with Crippen molar-refractivity contribution in [2.24, 2.45) is 0 Å². The molecule has 1 aromatic heterocycles. The van der Waals surface area contributed by atoms with Gasteiger partial charge in [-0.3, -0.25) is 0 Å². The maximum atomic E-state index is 11.6. The van der Waals surface area contributed by atoms with Gasteiger partial charge < -0.3 is 0 Å². The van der Waals surface area contributed by atoms with Crippen LogP contribution in [0.25, 0.3) is 10.2 Å². The van der Waals surface area contributed by atoms with E-state index in [1.165, 1.54) is 11.3 Å². The number of aromatic nitrogens is 1. The number of rotatable bonds is 2. The Morgan fingerprint density at radius 3 is 2.80 bits per heavy atom. The highest BCUT2D eigenvalue weighted by Crippen LogP contribution is 2.26. The van der Waals surface area contributed by atoms with Crippen LogP contribution in [0.3, 0.4) is 0 Å². The molecule has 0 aliphatic rings. The van der Waals surface area contributed by atoms with Gasteiger partial charge in [-0.1, -0.05) is 13.0 Å². The van der Waals surface area contributed by atoms with E-state index in [0.29, 0.717) is 0 Å². The maximum absolute atomic E-state index is 11.6. The van der Waals surface area contributed by atoms with Gasteiger partial charge in [-0.15, -0.1) is 11.3 Å². The molecule has 5 heteroatoms. The van der Waals surface area contributed by atoms with Gasteiger partial charge in [0, 0.05) is 0 Å². The second-order valence-corrected chi connectivity index (χ2v) is 6.84. The number of fused-ring (bicyclic) bond motifs is 1. The van der Waals surface area contributed by atoms with Gasteiger partial charge in [-0.2, -0.15) is 0 Å². The molecule has 0 radical (unpaired) electrons. The van der Waals surface area contributed by atoms with Crippen molar-refractivity contribution in [2.75, 3.05) is 5.75 Å². The summed E-state index contributed by atoms with van der Waals surface area (Å²) in [5.41, 5.74) is 1.88. The number of aryl methyl sites for hydroxylation is 1. The third-order valence-electron chi connectivity index (χ3n) is 2.17. The predicted molar refractivity (Wildman–Crippen MR) is 62.1 cm³/mol. The Labute approximate surface area is 92.7 Å². The van der Waals surface area contributed by atoms with Crippen molar-refractivity contribution in [1.82, 2.24) is 4.98 Å². The van der Waals surface area contributed by atoms with Crippen molar-refractivity contribution in [3.8, 4) is 0 Å². The van der Waals surface area contributed by atoms with Crippen molar-refractivity contribution >= 4 is 31.4 Å². The van der Waals surface area contributed by atoms with Gasteiger partial charge in [0.15, 0.2) is 0 Å². The molecule has 0 atom stereocenters. The van der Waals surface area contributed by atoms with E-state index in [9.17, 15) is 8.42 Å². The Kier molecular flexibility index (Phi) is 2.52. The van der Waals surface area contributed by atoms with Crippen LogP contribution in [0, 0.1) is 6.92 Å². The Hall–Kier alpha value is -0.940. The maximum Gasteiger partial charge on any atom is 0.210 e. The van der Waals surface area contributed by atoms with Gasteiger partial charge >= 0.3 is 0 Å². The highest BCUT2D eigenvalue weighted by atomic mass is 32.2. The van der Waals surface area contributed by atoms with Crippen molar-refractivity contribution in [2.45, 2.75) is 18.2 Å². The second-order valence-electron chi connectivity index (χ2n) is 3.35. The van der Waals surface area contributed by atoms with Crippen molar-refractivity contribution in [3.05, 3.63) is 23.8 Å². The van der Waals surface area contributed by atoms with Gasteiger partial charge in [0.05, 0.1) is 16.0 Å². The lowest BCUT2D eigenvalue weighted by molar-refractivity contribution is 0.596. The number of thiazole rings is 1. The molecule has 0 unspecified atom stereocenters. The first-order valence-electron chi connectivity index (χ1n) is 4.63. The van der Waals surface area contributed by atoms with E-state index in [1.807, 2.05) is 25.1 Å². The third kappa shape index (κ3) is 1.89. The fourth-order valence-corrected chi connectivity index (χ4v) is 3.68. The minimum absolute atomic E-state index is 0.103. The minimum Gasteiger partial charge on any atom is -0.225 e. The molecule has 0 aliphatic carbocycles. The third-order valence-corrected chi connectivity index (χ3v) is 5.38. The van der Waals surface area contributed by atoms with E-state index < -0.39 is 9.84 Å². The summed E-state index contributed by atoms with van der Waals surface area (Å²) in [7, 11) is -3.17. The van der Waals surface area contributed by atoms with E-state index >= 15 is 0 Å². The van der Waals surface area contributed by atoms with Gasteiger partial charge in [-0.25, -0.2) is 13.4 Å². The van der Waals surface area contributed by atoms with Crippen LogP contribution in [0.5, 0.6) is 0 Å². The molecular formula is C10H11NO2S2. The quantitative estimate of drug-likeness (QED) is 0.811. The number of nitrogens with zero attached hydrogens (tertiary/aromatic N) is 1. The molecule has 0 spiro atoms. The normalized spacial score (nSPS) is 12.1. The average molecular weight is 241 g/mol. The largest absolute Gasteiger partial charge is 0.225 e. The highest BCUT2D eigenvalue weighted by Gasteiger charge is 2.16. The zero-order valence-corrected chi connectivity index (χ0v) is 10.2. The molecule has 1 heterocycles. The molecule has 0 aliphatic heterocycles. The van der Waals surface area contributed by atoms with E-state index in [4.69, 9.17) is 0 Å². The van der Waals surface area contributed by atoms with E-state index in [-0.39, 0.29) is 10.1 Å². The van der Waals surface area contributed by atoms with Crippen LogP contribution in [0.4, 0.5) is 0 Å². The Morgan fingerprint density at radius 2 is 2.13 bits per heavy atom. The summed E-state index contributed by atoms with van der Waals surface area (Å²) >= 11 is 1.24. The zero-order chi connectivity index (χ0) is 11.1. The van der Waals surface area contributed by atoms with Crippen molar-refractivity contribution in [1.29, 1.82) is 0 Å². The van der Waals surface area contributed by atoms with Crippen molar-refractivity contribution < 1.29 is 8.42 Å². The van der Waals surface area contributed by atoms with Gasteiger partial charge in [0.25, 0.3) is 0 Å². The smallest absolute Gasteiger partial charge is 0.210 e. The lowest BCUT2D eigenvalue weighted by Gasteiger charge is -1.91. The first kappa shape index (κ1) is 10.6. The molecule has 1 aromatic carbocycles. The monoisotopic (exact) mass is 241 g/mol. The van der Waals surface area contributed by atoms with E-state index in [2.05, 4.69) is 4.98 Å². The summed E-state index contributed by atoms with van der Waals surface area (Å²) in [6.07, 6.45) is 0. The molecule has 0 fully saturated rings. The molecule has 0 bridgehead atoms. The fourth-order valence-electron chi connectivity index (χ4n) is 1.27. The van der Waals surface area contributed by atoms with Crippen molar-refractivity contribution in [3.63, 3.8) is 0 Å². The molecule has 3 nitrogen and oxygen atoms in total. The Morgan fingerprint density at radius 1 is 1.40 bits per heavy atom. The first-order chi connectivity index (χ1) is 7.03. The SMILES string of the molecule is CCS(=O)(=O)c1nc2ccc(C)cc2s1. The van der Waals surface area contributed by atoms with E-state index in [1.54, 1.807) is 6.92 Å². The standard InChI is InChI=1S/C10H11NO2S2/c1-3-15(12,13)10-11-8-5-4-7(2)6-9(8)14-10/h4-6H,3H2,1-2H3. The van der Waals surface area contributed by atoms with Crippen LogP contribution in [-0.4, -0.2) is 19.2 Å². The molecule has 2 aromatic rings. The predicted octanol–water partition coefficient (Wildman–Crippen LogP) is 2.40. The van der Waals surface area contributed by atoms with Crippen LogP contribution < -0.4 is 0 Å². The first-order valence-corrected chi connectivity index (χ1v) is 7.10. The topological polar surface area (TPSA) is 47.0 Å². The van der Waals surface area contributed by atoms with Crippen LogP contribution in [0.2, 0.25) is 0 Å². The van der Waals surface area contributed by atoms with E-state index in [0.717, 1.165) is 15.8 Å². The number of benzene rings is 1. The molecule has 0 N–H and O–H groups in total. The van der Waals surface area contributed by atoms with Gasteiger partial charge in [0.2, 0.25) is 14.2 Å². The molecule has 15 heavy (non-hydrogen) atoms. The Balaban J connectivity index is 2.67. The summed E-state index contributed by atoms with van der Waals surface area (Å²) in [6, 6.07) is 5.75. The number of hydrogen-bond donors (Lipinski definition) is 0. The summed E-state index contributed by atoms with van der Waals surface area (Å²) < 4.78 is 24.4. The average Bonchev–Trinajstić information content (AvgIpc) is 2.61. The fraction of sp³-hybridized carbons (Fsp3) is 0.300. The summed E-state index contributed by atoms with van der Waals surface area (Å²) in [5.74, 6) is 0.103. The summed E-state index contributed by atoms with van der Waals surface area (Å²) in [6.45, 7) is 3.61. The Bertz CT molecular complexity index is 599. The lowest BCUT2D eigenvalue weighted by Crippen LogP contribution is -2.02. The second kappa shape index (κ2) is 3.57.